The molecule has 0 saturated carbocycles. The molecule has 0 aliphatic rings. The molecule has 0 aromatic heterocycles. The standard InChI is InChI=1S/C10H13N2O2/c1-2-3-4-8-7-9(12(13)14)5-6-10(8)11/h5,7H,2-4,11H2,1H3. The van der Waals surface area contributed by atoms with Crippen LogP contribution in [0.4, 0.5) is 11.4 Å². The van der Waals surface area contributed by atoms with E-state index in [-0.39, 0.29) is 5.69 Å². The average molecular weight is 193 g/mol. The number of nitrogens with two attached hydrogens (primary N) is 1. The maximum Gasteiger partial charge on any atom is 0.270 e. The molecule has 4 heteroatoms. The van der Waals surface area contributed by atoms with Crippen molar-refractivity contribution in [3.05, 3.63) is 33.9 Å². The lowest BCUT2D eigenvalue weighted by atomic mass is 10.1. The first-order valence-electron chi connectivity index (χ1n) is 4.59. The van der Waals surface area contributed by atoms with Crippen molar-refractivity contribution in [2.45, 2.75) is 26.2 Å². The number of aryl methyl sites for hydroxylation is 1. The van der Waals surface area contributed by atoms with Gasteiger partial charge in [0.2, 0.25) is 0 Å². The van der Waals surface area contributed by atoms with Gasteiger partial charge in [-0.2, -0.15) is 0 Å². The number of unbranched alkanes of at least 4 members (excludes halogenated alkanes) is 1. The largest absolute Gasteiger partial charge is 0.398 e. The molecule has 0 spiro atoms. The molecule has 0 aliphatic carbocycles. The molecule has 0 fully saturated rings. The Morgan fingerprint density at radius 3 is 2.93 bits per heavy atom. The zero-order valence-electron chi connectivity index (χ0n) is 8.12. The highest BCUT2D eigenvalue weighted by Gasteiger charge is 2.08. The first-order valence-corrected chi connectivity index (χ1v) is 4.59. The van der Waals surface area contributed by atoms with Crippen LogP contribution < -0.4 is 5.73 Å². The van der Waals surface area contributed by atoms with Gasteiger partial charge in [0.25, 0.3) is 5.69 Å². The number of rotatable bonds is 4. The summed E-state index contributed by atoms with van der Waals surface area (Å²) in [6.45, 7) is 2.07. The Labute approximate surface area is 82.9 Å². The van der Waals surface area contributed by atoms with Crippen molar-refractivity contribution in [1.29, 1.82) is 0 Å². The Hall–Kier alpha value is -1.58. The van der Waals surface area contributed by atoms with E-state index < -0.39 is 4.92 Å². The number of anilines is 1. The van der Waals surface area contributed by atoms with Crippen LogP contribution in [0.25, 0.3) is 0 Å². The highest BCUT2D eigenvalue weighted by Crippen LogP contribution is 2.20. The second kappa shape index (κ2) is 4.60. The molecule has 0 atom stereocenters. The van der Waals surface area contributed by atoms with Gasteiger partial charge in [-0.25, -0.2) is 0 Å². The maximum absolute atomic E-state index is 10.5. The first-order chi connectivity index (χ1) is 6.65. The molecule has 1 aromatic rings. The van der Waals surface area contributed by atoms with Gasteiger partial charge in [0, 0.05) is 23.9 Å². The number of nitro benzene ring substituents is 1. The van der Waals surface area contributed by atoms with E-state index in [2.05, 4.69) is 13.0 Å². The van der Waals surface area contributed by atoms with Gasteiger partial charge in [0.15, 0.2) is 0 Å². The molecule has 1 aromatic carbocycles. The van der Waals surface area contributed by atoms with E-state index in [4.69, 9.17) is 5.73 Å². The molecule has 0 amide bonds. The minimum absolute atomic E-state index is 0.0605. The van der Waals surface area contributed by atoms with E-state index >= 15 is 0 Å². The van der Waals surface area contributed by atoms with Crippen LogP contribution in [0.1, 0.15) is 25.3 Å². The summed E-state index contributed by atoms with van der Waals surface area (Å²) >= 11 is 0. The Morgan fingerprint density at radius 1 is 1.64 bits per heavy atom. The number of non-ortho nitro benzene ring substituents is 1. The quantitative estimate of drug-likeness (QED) is 0.453. The number of hydrogen-bond donors (Lipinski definition) is 1. The summed E-state index contributed by atoms with van der Waals surface area (Å²) in [5.74, 6) is 0. The molecule has 14 heavy (non-hydrogen) atoms. The average Bonchev–Trinajstić information content (AvgIpc) is 2.16. The summed E-state index contributed by atoms with van der Waals surface area (Å²) in [5.41, 5.74) is 7.05. The van der Waals surface area contributed by atoms with Gasteiger partial charge in [-0.05, 0) is 18.4 Å². The van der Waals surface area contributed by atoms with Crippen LogP contribution in [0.2, 0.25) is 0 Å². The van der Waals surface area contributed by atoms with Gasteiger partial charge in [-0.1, -0.05) is 13.3 Å². The molecule has 0 heterocycles. The van der Waals surface area contributed by atoms with Crippen molar-refractivity contribution >= 4 is 11.4 Å². The Morgan fingerprint density at radius 2 is 2.36 bits per heavy atom. The van der Waals surface area contributed by atoms with Crippen LogP contribution >= 0.6 is 0 Å². The highest BCUT2D eigenvalue weighted by molar-refractivity contribution is 5.51. The van der Waals surface area contributed by atoms with Gasteiger partial charge in [-0.3, -0.25) is 10.1 Å². The van der Waals surface area contributed by atoms with E-state index in [1.165, 1.54) is 12.1 Å². The number of benzene rings is 1. The zero-order valence-corrected chi connectivity index (χ0v) is 8.12. The van der Waals surface area contributed by atoms with Crippen LogP contribution in [0.3, 0.4) is 0 Å². The van der Waals surface area contributed by atoms with Crippen LogP contribution in [0.5, 0.6) is 0 Å². The van der Waals surface area contributed by atoms with E-state index in [9.17, 15) is 10.1 Å². The summed E-state index contributed by atoms with van der Waals surface area (Å²) in [6.07, 6.45) is 2.81. The van der Waals surface area contributed by atoms with Gasteiger partial charge >= 0.3 is 0 Å². The third-order valence-corrected chi connectivity index (χ3v) is 2.05. The minimum Gasteiger partial charge on any atom is -0.398 e. The summed E-state index contributed by atoms with van der Waals surface area (Å²) < 4.78 is 0. The Bertz CT molecular complexity index is 337. The van der Waals surface area contributed by atoms with Gasteiger partial charge in [-0.15, -0.1) is 0 Å². The number of nitro groups is 1. The third-order valence-electron chi connectivity index (χ3n) is 2.05. The fraction of sp³-hybridized carbons (Fsp3) is 0.400. The lowest BCUT2D eigenvalue weighted by Crippen LogP contribution is -1.97. The van der Waals surface area contributed by atoms with E-state index in [0.29, 0.717) is 5.69 Å². The maximum atomic E-state index is 10.5. The van der Waals surface area contributed by atoms with Crippen molar-refractivity contribution in [3.63, 3.8) is 0 Å². The molecular weight excluding hydrogens is 180 g/mol. The summed E-state index contributed by atoms with van der Waals surface area (Å²) in [4.78, 5) is 10.1. The van der Waals surface area contributed by atoms with Gasteiger partial charge in [0.05, 0.1) is 4.92 Å². The zero-order chi connectivity index (χ0) is 10.6. The Balaban J connectivity index is 2.90. The SMILES string of the molecule is CCCCc1cc([N+](=O)[O-])c[c]c1N. The van der Waals surface area contributed by atoms with E-state index in [1.807, 2.05) is 0 Å². The summed E-state index contributed by atoms with van der Waals surface area (Å²) in [7, 11) is 0. The second-order valence-electron chi connectivity index (χ2n) is 3.16. The first kappa shape index (κ1) is 10.5. The molecule has 0 unspecified atom stereocenters. The number of nitrogen functional groups attached to an aromatic ring is 1. The predicted octanol–water partition coefficient (Wildman–Crippen LogP) is 2.32. The smallest absolute Gasteiger partial charge is 0.270 e. The molecule has 2 N–H and O–H groups in total. The molecule has 4 nitrogen and oxygen atoms in total. The van der Waals surface area contributed by atoms with Crippen molar-refractivity contribution in [1.82, 2.24) is 0 Å². The van der Waals surface area contributed by atoms with Crippen molar-refractivity contribution in [3.8, 4) is 0 Å². The van der Waals surface area contributed by atoms with Crippen molar-refractivity contribution < 1.29 is 4.92 Å². The Kier molecular flexibility index (Phi) is 3.45. The molecule has 0 aliphatic heterocycles. The monoisotopic (exact) mass is 193 g/mol. The predicted molar refractivity (Wildman–Crippen MR) is 55.0 cm³/mol. The summed E-state index contributed by atoms with van der Waals surface area (Å²) in [5, 5.41) is 10.5. The third kappa shape index (κ3) is 2.45. The molecule has 0 saturated heterocycles. The van der Waals surface area contributed by atoms with Gasteiger partial charge < -0.3 is 5.73 Å². The lowest BCUT2D eigenvalue weighted by Gasteiger charge is -2.03. The minimum atomic E-state index is -0.425. The van der Waals surface area contributed by atoms with Crippen molar-refractivity contribution in [2.24, 2.45) is 0 Å². The fourth-order valence-electron chi connectivity index (χ4n) is 1.22. The molecule has 0 bridgehead atoms. The van der Waals surface area contributed by atoms with Crippen LogP contribution in [-0.2, 0) is 6.42 Å². The van der Waals surface area contributed by atoms with Crippen LogP contribution in [0.15, 0.2) is 12.1 Å². The highest BCUT2D eigenvalue weighted by atomic mass is 16.6. The fourth-order valence-corrected chi connectivity index (χ4v) is 1.22. The van der Waals surface area contributed by atoms with Crippen molar-refractivity contribution in [2.75, 3.05) is 5.73 Å². The number of hydrogen-bond acceptors (Lipinski definition) is 3. The molecular formula is C10H13N2O2. The normalized spacial score (nSPS) is 10.1. The number of nitrogens with zero attached hydrogens (tertiary/aromatic N) is 1. The van der Waals surface area contributed by atoms with E-state index in [0.717, 1.165) is 24.8 Å². The van der Waals surface area contributed by atoms with Crippen LogP contribution in [0, 0.1) is 16.2 Å². The molecule has 75 valence electrons. The molecule has 1 radical (unpaired) electrons. The second-order valence-corrected chi connectivity index (χ2v) is 3.16. The van der Waals surface area contributed by atoms with Crippen LogP contribution in [-0.4, -0.2) is 4.92 Å². The molecule has 1 rings (SSSR count). The topological polar surface area (TPSA) is 69.2 Å². The van der Waals surface area contributed by atoms with Gasteiger partial charge in [0.1, 0.15) is 0 Å². The summed E-state index contributed by atoms with van der Waals surface area (Å²) in [6, 6.07) is 5.53. The lowest BCUT2D eigenvalue weighted by molar-refractivity contribution is -0.384. The van der Waals surface area contributed by atoms with E-state index in [1.54, 1.807) is 0 Å².